The number of imidazole rings is 1. The summed E-state index contributed by atoms with van der Waals surface area (Å²) in [6, 6.07) is 3.11. The second-order valence-electron chi connectivity index (χ2n) is 7.29. The van der Waals surface area contributed by atoms with Crippen LogP contribution in [0.15, 0.2) is 30.5 Å². The van der Waals surface area contributed by atoms with Crippen molar-refractivity contribution in [2.75, 3.05) is 0 Å². The van der Waals surface area contributed by atoms with Gasteiger partial charge in [-0.15, -0.1) is 10.2 Å². The van der Waals surface area contributed by atoms with Gasteiger partial charge in [0.25, 0.3) is 0 Å². The molecule has 2 atom stereocenters. The zero-order chi connectivity index (χ0) is 22.8. The van der Waals surface area contributed by atoms with Crippen LogP contribution in [0.25, 0.3) is 11.5 Å². The summed E-state index contributed by atoms with van der Waals surface area (Å²) in [5.41, 5.74) is -3.28. The minimum absolute atomic E-state index is 0.0189. The fraction of sp³-hybridized carbons (Fsp3) is 0.389. The molecule has 3 aromatic rings. The van der Waals surface area contributed by atoms with E-state index in [0.717, 1.165) is 39.6 Å². The molecule has 0 amide bonds. The van der Waals surface area contributed by atoms with E-state index >= 15 is 0 Å². The number of aromatic nitrogens is 5. The van der Waals surface area contributed by atoms with Crippen LogP contribution in [-0.2, 0) is 18.3 Å². The van der Waals surface area contributed by atoms with Crippen molar-refractivity contribution in [2.24, 2.45) is 0 Å². The molecule has 0 fully saturated rings. The van der Waals surface area contributed by atoms with Crippen LogP contribution in [0, 0.1) is 5.82 Å². The number of hydrogen-bond acceptors (Lipinski definition) is 5. The van der Waals surface area contributed by atoms with Gasteiger partial charge in [-0.3, -0.25) is 4.57 Å². The number of alkyl halides is 5. The molecular formula is C18H15F6N5O2. The first-order chi connectivity index (χ1) is 14.3. The van der Waals surface area contributed by atoms with Crippen LogP contribution < -0.4 is 4.74 Å². The number of aliphatic hydroxyl groups is 1. The fourth-order valence-corrected chi connectivity index (χ4v) is 3.38. The molecule has 0 radical (unpaired) electrons. The third-order valence-electron chi connectivity index (χ3n) is 4.97. The third-order valence-corrected chi connectivity index (χ3v) is 4.97. The van der Waals surface area contributed by atoms with Crippen LogP contribution in [-0.4, -0.2) is 35.6 Å². The Kier molecular flexibility index (Phi) is 4.57. The van der Waals surface area contributed by atoms with E-state index in [2.05, 4.69) is 19.9 Å². The second-order valence-corrected chi connectivity index (χ2v) is 7.29. The number of fused-ring (bicyclic) bond motifs is 3. The highest BCUT2D eigenvalue weighted by Crippen LogP contribution is 2.43. The smallest absolute Gasteiger partial charge is 0.427 e. The Morgan fingerprint density at radius 2 is 1.71 bits per heavy atom. The summed E-state index contributed by atoms with van der Waals surface area (Å²) in [6.45, 7) is 1.81. The average Bonchev–Trinajstić information content (AvgIpc) is 3.27. The molecule has 166 valence electrons. The molecule has 3 heterocycles. The maximum Gasteiger partial charge on any atom is 0.462 e. The zero-order valence-corrected chi connectivity index (χ0v) is 16.0. The molecular weight excluding hydrogens is 432 g/mol. The lowest BCUT2D eigenvalue weighted by Crippen LogP contribution is -2.43. The Bertz CT molecular complexity index is 1120. The Morgan fingerprint density at radius 3 is 2.32 bits per heavy atom. The molecule has 0 saturated heterocycles. The van der Waals surface area contributed by atoms with Crippen molar-refractivity contribution in [1.82, 2.24) is 24.3 Å². The summed E-state index contributed by atoms with van der Waals surface area (Å²) in [6.07, 6.45) is -7.97. The van der Waals surface area contributed by atoms with Crippen molar-refractivity contribution in [3.63, 3.8) is 0 Å². The van der Waals surface area contributed by atoms with E-state index in [1.807, 2.05) is 0 Å². The van der Waals surface area contributed by atoms with Gasteiger partial charge in [0.2, 0.25) is 11.4 Å². The third kappa shape index (κ3) is 3.32. The first-order valence-electron chi connectivity index (χ1n) is 8.96. The van der Waals surface area contributed by atoms with Crippen LogP contribution in [0.4, 0.5) is 26.3 Å². The SMILES string of the molecule is C[C@H]1Cn2c(nnc2C(F)(F)Oc2ccc(F)cc2)-c2cnc(C(C)(O)C(F)(F)F)n21. The van der Waals surface area contributed by atoms with Crippen molar-refractivity contribution >= 4 is 0 Å². The van der Waals surface area contributed by atoms with Gasteiger partial charge in [0, 0.05) is 6.54 Å². The monoisotopic (exact) mass is 447 g/mol. The Hall–Kier alpha value is -3.09. The van der Waals surface area contributed by atoms with Crippen LogP contribution in [0.2, 0.25) is 0 Å². The molecule has 1 N–H and O–H groups in total. The van der Waals surface area contributed by atoms with E-state index in [9.17, 15) is 31.4 Å². The number of nitrogens with zero attached hydrogens (tertiary/aromatic N) is 5. The van der Waals surface area contributed by atoms with Gasteiger partial charge in [-0.25, -0.2) is 9.37 Å². The standard InChI is InChI=1S/C18H15F6N5O2/c1-9-8-28-13(12-7-25-14(29(9)12)16(2,30)18(22,23)24)26-27-15(28)17(20,21)31-11-5-3-10(19)4-6-11/h3-7,9,30H,8H2,1-2H3/t9-,16?/m0/s1. The normalized spacial score (nSPS) is 18.3. The van der Waals surface area contributed by atoms with Gasteiger partial charge in [-0.2, -0.15) is 22.0 Å². The number of hydrogen-bond donors (Lipinski definition) is 1. The van der Waals surface area contributed by atoms with Gasteiger partial charge < -0.3 is 14.4 Å². The van der Waals surface area contributed by atoms with Crippen LogP contribution in [0.1, 0.15) is 31.5 Å². The largest absolute Gasteiger partial charge is 0.462 e. The summed E-state index contributed by atoms with van der Waals surface area (Å²) in [5.74, 6) is -2.68. The lowest BCUT2D eigenvalue weighted by Gasteiger charge is -2.32. The molecule has 13 heteroatoms. The van der Waals surface area contributed by atoms with E-state index in [0.29, 0.717) is 6.92 Å². The van der Waals surface area contributed by atoms with E-state index in [1.54, 1.807) is 0 Å². The Labute approximate surface area is 170 Å². The fourth-order valence-electron chi connectivity index (χ4n) is 3.38. The molecule has 0 aliphatic carbocycles. The predicted molar refractivity (Wildman–Crippen MR) is 92.5 cm³/mol. The van der Waals surface area contributed by atoms with Gasteiger partial charge >= 0.3 is 12.3 Å². The van der Waals surface area contributed by atoms with Gasteiger partial charge in [-0.1, -0.05) is 0 Å². The molecule has 1 aliphatic rings. The number of benzene rings is 1. The summed E-state index contributed by atoms with van der Waals surface area (Å²) in [7, 11) is 0. The van der Waals surface area contributed by atoms with Crippen LogP contribution in [0.5, 0.6) is 5.75 Å². The molecule has 0 spiro atoms. The molecule has 1 unspecified atom stereocenters. The maximum atomic E-state index is 14.8. The molecule has 0 saturated carbocycles. The summed E-state index contributed by atoms with van der Waals surface area (Å²) in [5, 5.41) is 17.2. The van der Waals surface area contributed by atoms with E-state index in [1.165, 1.54) is 6.92 Å². The number of ether oxygens (including phenoxy) is 1. The summed E-state index contributed by atoms with van der Waals surface area (Å²) >= 11 is 0. The highest BCUT2D eigenvalue weighted by molar-refractivity contribution is 5.52. The Balaban J connectivity index is 1.75. The quantitative estimate of drug-likeness (QED) is 0.617. The number of rotatable bonds is 4. The topological polar surface area (TPSA) is 78.0 Å². The van der Waals surface area contributed by atoms with Crippen molar-refractivity contribution in [2.45, 2.75) is 44.3 Å². The van der Waals surface area contributed by atoms with Crippen molar-refractivity contribution in [1.29, 1.82) is 0 Å². The van der Waals surface area contributed by atoms with Crippen molar-refractivity contribution in [3.8, 4) is 17.3 Å². The van der Waals surface area contributed by atoms with Gasteiger partial charge in [0.15, 0.2) is 11.6 Å². The lowest BCUT2D eigenvalue weighted by atomic mass is 10.0. The molecule has 31 heavy (non-hydrogen) atoms. The van der Waals surface area contributed by atoms with Gasteiger partial charge in [0.05, 0.1) is 12.2 Å². The van der Waals surface area contributed by atoms with Crippen molar-refractivity contribution in [3.05, 3.63) is 47.9 Å². The first kappa shape index (κ1) is 21.2. The van der Waals surface area contributed by atoms with E-state index in [4.69, 9.17) is 0 Å². The highest BCUT2D eigenvalue weighted by atomic mass is 19.4. The molecule has 2 aromatic heterocycles. The molecule has 1 aliphatic heterocycles. The minimum Gasteiger partial charge on any atom is -0.427 e. The average molecular weight is 447 g/mol. The first-order valence-corrected chi connectivity index (χ1v) is 8.96. The molecule has 0 bridgehead atoms. The van der Waals surface area contributed by atoms with Gasteiger partial charge in [0.1, 0.15) is 17.3 Å². The summed E-state index contributed by atoms with van der Waals surface area (Å²) < 4.78 is 89.2. The molecule has 4 rings (SSSR count). The van der Waals surface area contributed by atoms with E-state index in [-0.39, 0.29) is 23.8 Å². The maximum absolute atomic E-state index is 14.8. The summed E-state index contributed by atoms with van der Waals surface area (Å²) in [4.78, 5) is 3.69. The lowest BCUT2D eigenvalue weighted by molar-refractivity contribution is -0.262. The van der Waals surface area contributed by atoms with Crippen molar-refractivity contribution < 1.29 is 36.2 Å². The van der Waals surface area contributed by atoms with Gasteiger partial charge in [-0.05, 0) is 38.1 Å². The zero-order valence-electron chi connectivity index (χ0n) is 16.0. The van der Waals surface area contributed by atoms with Crippen LogP contribution >= 0.6 is 0 Å². The van der Waals surface area contributed by atoms with E-state index < -0.39 is 41.4 Å². The second kappa shape index (κ2) is 6.70. The minimum atomic E-state index is -5.01. The predicted octanol–water partition coefficient (Wildman–Crippen LogP) is 3.75. The Morgan fingerprint density at radius 1 is 1.06 bits per heavy atom. The number of halogens is 6. The van der Waals surface area contributed by atoms with Crippen LogP contribution in [0.3, 0.4) is 0 Å². The molecule has 7 nitrogen and oxygen atoms in total. The molecule has 1 aromatic carbocycles. The highest BCUT2D eigenvalue weighted by Gasteiger charge is 2.55.